The molecule has 0 rings (SSSR count). The molecular weight excluding hydrogens is 937 g/mol. The molecule has 16 nitrogen and oxygen atoms in total. The average Bonchev–Trinajstić information content (AvgIpc) is 2.87. The van der Waals surface area contributed by atoms with E-state index in [1.54, 1.807) is 0 Å². The molecule has 0 fully saturated rings. The molecule has 0 radical (unpaired) electrons. The minimum Gasteiger partial charge on any atom is -0.559 e. The highest BCUT2D eigenvalue weighted by molar-refractivity contribution is 7.52. The second-order valence-electron chi connectivity index (χ2n) is 6.05. The number of carbonyl (C=O) groups is 6. The molecule has 248 valence electrons. The van der Waals surface area contributed by atoms with Crippen molar-refractivity contribution >= 4 is 228 Å². The average molecular weight is 944 g/mol. The van der Waals surface area contributed by atoms with E-state index in [0.717, 1.165) is 0 Å². The molecule has 0 unspecified atom stereocenters. The van der Waals surface area contributed by atoms with Gasteiger partial charge in [0.15, 0.2) is 0 Å². The quantitative estimate of drug-likeness (QED) is 0.108. The zero-order valence-electron chi connectivity index (χ0n) is 19.7. The summed E-state index contributed by atoms with van der Waals surface area (Å²) in [4.78, 5) is 59.9. The van der Waals surface area contributed by atoms with Crippen molar-refractivity contribution in [2.45, 2.75) is 29.0 Å². The highest BCUT2D eigenvalue weighted by Crippen LogP contribution is 2.52. The highest BCUT2D eigenvalue weighted by Gasteiger charge is 2.62. The zero-order valence-corrected chi connectivity index (χ0v) is 33.1. The monoisotopic (exact) mass is 938 g/mol. The molecule has 0 aromatic carbocycles. The third kappa shape index (κ3) is 19.3. The van der Waals surface area contributed by atoms with Gasteiger partial charge in [-0.1, -0.05) is 139 Å². The summed E-state index contributed by atoms with van der Waals surface area (Å²) in [6, 6.07) is 0. The fraction of sp³-hybridized carbons (Fsp3) is 0.500. The maximum Gasteiger partial charge on any atom is 1.11 e. The van der Waals surface area contributed by atoms with E-state index in [1.807, 2.05) is 0 Å². The highest BCUT2D eigenvalue weighted by atomic mass is 35.6. The molecule has 0 aliphatic carbocycles. The molecule has 32 heteroatoms. The van der Waals surface area contributed by atoms with Gasteiger partial charge in [0.2, 0.25) is 29.0 Å². The Morgan fingerprint density at radius 2 is 0.500 bits per heavy atom. The third-order valence-corrected chi connectivity index (χ3v) is 12.8. The molecule has 0 heterocycles. The lowest BCUT2D eigenvalue weighted by atomic mass is 10.8. The topological polar surface area (TPSA) is 203 Å². The zero-order chi connectivity index (χ0) is 34.5. The summed E-state index contributed by atoms with van der Waals surface area (Å²) in [6.45, 7) is 0. The first-order valence-electron chi connectivity index (χ1n) is 9.65. The van der Waals surface area contributed by atoms with E-state index in [-0.39, 0.29) is 0 Å². The second kappa shape index (κ2) is 22.7. The molecular formula is C12H6Al3Cl12O16P. The summed E-state index contributed by atoms with van der Waals surface area (Å²) >= 11 is 50.4. The van der Waals surface area contributed by atoms with Gasteiger partial charge in [-0.15, -0.1) is 0 Å². The van der Waals surface area contributed by atoms with E-state index >= 15 is 0 Å². The molecule has 0 aliphatic rings. The van der Waals surface area contributed by atoms with Crippen molar-refractivity contribution in [3.8, 4) is 0 Å². The van der Waals surface area contributed by atoms with Crippen molar-refractivity contribution in [1.29, 1.82) is 0 Å². The van der Waals surface area contributed by atoms with Gasteiger partial charge in [-0.3, -0.25) is 28.8 Å². The Bertz CT molecular complexity index is 892. The van der Waals surface area contributed by atoms with E-state index in [1.165, 1.54) is 0 Å². The Balaban J connectivity index is 6.92. The standard InChI is InChI=1S/6C2H2Cl2O2.3Al.H3O4P/c6*3-1(4)2(5)6;;;;1-5(2,3)4/h6*1H,(H,5,6);;;;(H3,1,2,3,4)/q;;;;;;3*+3;/p-9. The fourth-order valence-electron chi connectivity index (χ4n) is 1.47. The predicted molar refractivity (Wildman–Crippen MR) is 158 cm³/mol. The Kier molecular flexibility index (Phi) is 23.7. The van der Waals surface area contributed by atoms with E-state index in [0.29, 0.717) is 0 Å². The molecule has 44 heavy (non-hydrogen) atoms. The number of carbonyl (C=O) groups excluding carboxylic acids is 6. The summed E-state index contributed by atoms with van der Waals surface area (Å²) in [5, 5.41) is 0. The van der Waals surface area contributed by atoms with Gasteiger partial charge in [0.05, 0.1) is 0 Å². The summed E-state index contributed by atoms with van der Waals surface area (Å²) in [7, 11) is -5.90. The summed E-state index contributed by atoms with van der Waals surface area (Å²) in [6.07, 6.45) is 0. The minimum atomic E-state index is -5.90. The maximum atomic E-state index is 13.8. The van der Waals surface area contributed by atoms with Gasteiger partial charge in [0.1, 0.15) is 0 Å². The first kappa shape index (κ1) is 46.0. The van der Waals surface area contributed by atoms with E-state index in [2.05, 4.69) is 22.7 Å². The molecule has 0 saturated heterocycles. The van der Waals surface area contributed by atoms with Crippen LogP contribution in [0, 0.1) is 0 Å². The summed E-state index contributed by atoms with van der Waals surface area (Å²) in [5.41, 5.74) is 0. The van der Waals surface area contributed by atoms with Crippen molar-refractivity contribution in [2.24, 2.45) is 0 Å². The Morgan fingerprint density at radius 1 is 0.364 bits per heavy atom. The molecule has 0 atom stereocenters. The van der Waals surface area contributed by atoms with E-state index in [4.69, 9.17) is 150 Å². The van der Waals surface area contributed by atoms with Crippen LogP contribution >= 0.6 is 147 Å². The number of hydrogen-bond acceptors (Lipinski definition) is 16. The fourth-order valence-corrected chi connectivity index (χ4v) is 10.7. The van der Waals surface area contributed by atoms with Gasteiger partial charge in [-0.05, 0) is 0 Å². The molecule has 0 N–H and O–H groups in total. The van der Waals surface area contributed by atoms with Crippen LogP contribution in [0.2, 0.25) is 0 Å². The van der Waals surface area contributed by atoms with Crippen LogP contribution in [0.3, 0.4) is 0 Å². The molecule has 0 aromatic heterocycles. The lowest BCUT2D eigenvalue weighted by Gasteiger charge is -2.25. The first-order chi connectivity index (χ1) is 20.1. The molecule has 0 saturated carbocycles. The smallest absolute Gasteiger partial charge is 0.559 e. The van der Waals surface area contributed by atoms with Crippen molar-refractivity contribution < 1.29 is 66.8 Å². The van der Waals surface area contributed by atoms with Crippen molar-refractivity contribution in [2.75, 3.05) is 0 Å². The van der Waals surface area contributed by atoms with Gasteiger partial charge in [-0.25, -0.2) is 4.57 Å². The number of alkyl halides is 12. The number of halogens is 12. The number of rotatable bonds is 18. The summed E-state index contributed by atoms with van der Waals surface area (Å²) < 4.78 is 56.2. The number of hydrogen-bond donors (Lipinski definition) is 0. The van der Waals surface area contributed by atoms with Crippen LogP contribution in [0.15, 0.2) is 0 Å². The predicted octanol–water partition coefficient (Wildman–Crippen LogP) is 4.18. The van der Waals surface area contributed by atoms with Crippen molar-refractivity contribution in [1.82, 2.24) is 0 Å². The van der Waals surface area contributed by atoms with Crippen LogP contribution in [0.5, 0.6) is 0 Å². The van der Waals surface area contributed by atoms with E-state index in [9.17, 15) is 33.3 Å². The van der Waals surface area contributed by atoms with Gasteiger partial charge in [0.25, 0.3) is 0 Å². The number of phosphoric acid groups is 1. The van der Waals surface area contributed by atoms with Crippen LogP contribution in [0.25, 0.3) is 0 Å². The van der Waals surface area contributed by atoms with Crippen LogP contribution in [0.4, 0.5) is 0 Å². The van der Waals surface area contributed by atoms with Crippen molar-refractivity contribution in [3.63, 3.8) is 0 Å². The minimum absolute atomic E-state index is 1.61. The van der Waals surface area contributed by atoms with Gasteiger partial charge < -0.3 is 33.5 Å². The first-order valence-corrected chi connectivity index (χ1v) is 20.6. The third-order valence-electron chi connectivity index (χ3n) is 2.99. The molecule has 0 aromatic rings. The molecule has 0 aliphatic heterocycles. The lowest BCUT2D eigenvalue weighted by molar-refractivity contribution is -0.141. The van der Waals surface area contributed by atoms with Crippen LogP contribution in [-0.4, -0.2) is 110 Å². The molecule has 0 bridgehead atoms. The van der Waals surface area contributed by atoms with Crippen LogP contribution in [-0.2, 0) is 66.8 Å². The Hall–Kier alpha value is 2.01. The van der Waals surface area contributed by atoms with Crippen molar-refractivity contribution in [3.05, 3.63) is 0 Å². The van der Waals surface area contributed by atoms with Crippen LogP contribution in [0.1, 0.15) is 0 Å². The molecule has 0 spiro atoms. The largest absolute Gasteiger partial charge is 1.11 e. The maximum absolute atomic E-state index is 13.8. The molecule has 0 amide bonds. The van der Waals surface area contributed by atoms with Gasteiger partial charge in [0, 0.05) is 0 Å². The van der Waals surface area contributed by atoms with Crippen LogP contribution < -0.4 is 0 Å². The van der Waals surface area contributed by atoms with Gasteiger partial charge in [-0.2, -0.15) is 0 Å². The Morgan fingerprint density at radius 3 is 0.614 bits per heavy atom. The lowest BCUT2D eigenvalue weighted by Crippen LogP contribution is -2.41. The Labute approximate surface area is 320 Å². The normalized spacial score (nSPS) is 11.5. The summed E-state index contributed by atoms with van der Waals surface area (Å²) in [5.74, 6) is -9.66. The second-order valence-corrected chi connectivity index (χ2v) is 19.2. The van der Waals surface area contributed by atoms with E-state index < -0.39 is 118 Å². The van der Waals surface area contributed by atoms with Gasteiger partial charge >= 0.3 is 89.1 Å². The SMILES string of the molecule is O=C([O][Al]([O]C(=O)C(Cl)Cl)[O]P(=O)([O][Al]([O]C(=O)C(Cl)Cl)[O]C(=O)C(Cl)Cl)[O][Al]([O]C(=O)C(Cl)Cl)[O]C(=O)C(Cl)Cl)C(Cl)Cl.